The third kappa shape index (κ3) is 4.13. The van der Waals surface area contributed by atoms with Crippen molar-refractivity contribution in [1.29, 1.82) is 0 Å². The SMILES string of the molecule is CC(C)(C)c1ccc(=O)n(CC2CCN(c3ncnc4cc(F)ccc34)CC2)n1. The van der Waals surface area contributed by atoms with E-state index in [4.69, 9.17) is 0 Å². The van der Waals surface area contributed by atoms with Crippen LogP contribution >= 0.6 is 0 Å². The summed E-state index contributed by atoms with van der Waals surface area (Å²) in [6, 6.07) is 8.07. The minimum absolute atomic E-state index is 0.0516. The second-order valence-corrected chi connectivity index (χ2v) is 8.78. The molecule has 1 saturated heterocycles. The Morgan fingerprint density at radius 1 is 1.10 bits per heavy atom. The van der Waals surface area contributed by atoms with E-state index in [9.17, 15) is 9.18 Å². The van der Waals surface area contributed by atoms with Crippen LogP contribution in [0.1, 0.15) is 39.3 Å². The molecule has 1 aromatic carbocycles. The minimum atomic E-state index is -0.295. The van der Waals surface area contributed by atoms with Gasteiger partial charge < -0.3 is 4.90 Å². The van der Waals surface area contributed by atoms with Crippen LogP contribution in [-0.4, -0.2) is 32.8 Å². The number of rotatable bonds is 3. The van der Waals surface area contributed by atoms with Gasteiger partial charge in [-0.15, -0.1) is 0 Å². The Morgan fingerprint density at radius 2 is 1.86 bits per heavy atom. The molecule has 6 nitrogen and oxygen atoms in total. The molecule has 2 aromatic heterocycles. The Bertz CT molecular complexity index is 1080. The van der Waals surface area contributed by atoms with Gasteiger partial charge in [0, 0.05) is 42.6 Å². The highest BCUT2D eigenvalue weighted by atomic mass is 19.1. The van der Waals surface area contributed by atoms with Crippen molar-refractivity contribution in [3.05, 3.63) is 58.5 Å². The molecular weight excluding hydrogens is 369 g/mol. The van der Waals surface area contributed by atoms with Crippen LogP contribution in [0.3, 0.4) is 0 Å². The van der Waals surface area contributed by atoms with Gasteiger partial charge in [-0.1, -0.05) is 20.8 Å². The molecule has 1 fully saturated rings. The van der Waals surface area contributed by atoms with Crippen LogP contribution < -0.4 is 10.5 Å². The summed E-state index contributed by atoms with van der Waals surface area (Å²) in [5.74, 6) is 0.937. The van der Waals surface area contributed by atoms with Crippen molar-refractivity contribution in [1.82, 2.24) is 19.7 Å². The highest BCUT2D eigenvalue weighted by molar-refractivity contribution is 5.89. The first-order chi connectivity index (χ1) is 13.8. The second kappa shape index (κ2) is 7.54. The molecule has 0 atom stereocenters. The van der Waals surface area contributed by atoms with Gasteiger partial charge in [-0.25, -0.2) is 19.0 Å². The summed E-state index contributed by atoms with van der Waals surface area (Å²) in [4.78, 5) is 23.1. The number of aromatic nitrogens is 4. The molecule has 0 N–H and O–H groups in total. The van der Waals surface area contributed by atoms with Crippen molar-refractivity contribution in [3.8, 4) is 0 Å². The fraction of sp³-hybridized carbons (Fsp3) is 0.455. The van der Waals surface area contributed by atoms with E-state index in [1.54, 1.807) is 16.8 Å². The molecule has 1 aliphatic heterocycles. The summed E-state index contributed by atoms with van der Waals surface area (Å²) in [6.07, 6.45) is 3.38. The van der Waals surface area contributed by atoms with E-state index in [-0.39, 0.29) is 16.8 Å². The van der Waals surface area contributed by atoms with Crippen LogP contribution in [0.25, 0.3) is 10.9 Å². The van der Waals surface area contributed by atoms with Crippen LogP contribution in [-0.2, 0) is 12.0 Å². The van der Waals surface area contributed by atoms with Crippen LogP contribution in [0.5, 0.6) is 0 Å². The highest BCUT2D eigenvalue weighted by Gasteiger charge is 2.23. The maximum Gasteiger partial charge on any atom is 0.266 e. The standard InChI is InChI=1S/C22H26FN5O/c1-22(2,3)19-6-7-20(29)28(26-19)13-15-8-10-27(11-9-15)21-17-5-4-16(23)12-18(17)24-14-25-21/h4-7,12,14-15H,8-11,13H2,1-3H3. The molecule has 0 saturated carbocycles. The van der Waals surface area contributed by atoms with Crippen molar-refractivity contribution in [2.24, 2.45) is 5.92 Å². The lowest BCUT2D eigenvalue weighted by Gasteiger charge is -2.33. The van der Waals surface area contributed by atoms with Crippen molar-refractivity contribution in [2.75, 3.05) is 18.0 Å². The van der Waals surface area contributed by atoms with Crippen molar-refractivity contribution in [2.45, 2.75) is 45.6 Å². The number of hydrogen-bond acceptors (Lipinski definition) is 5. The Kier molecular flexibility index (Phi) is 5.06. The smallest absolute Gasteiger partial charge is 0.266 e. The van der Waals surface area contributed by atoms with Gasteiger partial charge in [-0.3, -0.25) is 4.79 Å². The van der Waals surface area contributed by atoms with Gasteiger partial charge in [0.15, 0.2) is 0 Å². The van der Waals surface area contributed by atoms with E-state index in [2.05, 4.69) is 40.7 Å². The predicted octanol–water partition coefficient (Wildman–Crippen LogP) is 3.54. The second-order valence-electron chi connectivity index (χ2n) is 8.78. The Balaban J connectivity index is 1.48. The zero-order valence-electron chi connectivity index (χ0n) is 17.1. The zero-order chi connectivity index (χ0) is 20.6. The molecule has 29 heavy (non-hydrogen) atoms. The van der Waals surface area contributed by atoms with E-state index in [0.717, 1.165) is 42.8 Å². The number of nitrogens with zero attached hydrogens (tertiary/aromatic N) is 5. The quantitative estimate of drug-likeness (QED) is 0.679. The number of fused-ring (bicyclic) bond motifs is 1. The number of benzene rings is 1. The van der Waals surface area contributed by atoms with E-state index >= 15 is 0 Å². The first-order valence-corrected chi connectivity index (χ1v) is 10.0. The Morgan fingerprint density at radius 3 is 2.59 bits per heavy atom. The monoisotopic (exact) mass is 395 g/mol. The molecule has 3 aromatic rings. The zero-order valence-corrected chi connectivity index (χ0v) is 17.1. The van der Waals surface area contributed by atoms with Crippen LogP contribution in [0.2, 0.25) is 0 Å². The number of halogens is 1. The Labute approximate surface area is 169 Å². The summed E-state index contributed by atoms with van der Waals surface area (Å²) >= 11 is 0. The van der Waals surface area contributed by atoms with Crippen molar-refractivity contribution < 1.29 is 4.39 Å². The molecule has 0 bridgehead atoms. The lowest BCUT2D eigenvalue weighted by Crippen LogP contribution is -2.37. The fourth-order valence-electron chi connectivity index (χ4n) is 3.82. The lowest BCUT2D eigenvalue weighted by molar-refractivity contribution is 0.330. The minimum Gasteiger partial charge on any atom is -0.356 e. The molecule has 152 valence electrons. The lowest BCUT2D eigenvalue weighted by atomic mass is 9.92. The van der Waals surface area contributed by atoms with Crippen LogP contribution in [0.15, 0.2) is 41.5 Å². The summed E-state index contributed by atoms with van der Waals surface area (Å²) < 4.78 is 15.1. The van der Waals surface area contributed by atoms with Crippen molar-refractivity contribution in [3.63, 3.8) is 0 Å². The van der Waals surface area contributed by atoms with Gasteiger partial charge in [-0.2, -0.15) is 5.10 Å². The molecule has 0 unspecified atom stereocenters. The van der Waals surface area contributed by atoms with E-state index in [1.165, 1.54) is 18.5 Å². The summed E-state index contributed by atoms with van der Waals surface area (Å²) in [5.41, 5.74) is 1.40. The molecule has 4 rings (SSSR count). The first-order valence-electron chi connectivity index (χ1n) is 10.0. The molecule has 0 amide bonds. The van der Waals surface area contributed by atoms with Gasteiger partial charge in [0.1, 0.15) is 18.0 Å². The molecule has 3 heterocycles. The summed E-state index contributed by atoms with van der Waals surface area (Å²) in [5, 5.41) is 5.46. The molecule has 0 spiro atoms. The summed E-state index contributed by atoms with van der Waals surface area (Å²) in [7, 11) is 0. The number of piperidine rings is 1. The number of anilines is 1. The molecule has 7 heteroatoms. The topological polar surface area (TPSA) is 63.9 Å². The van der Waals surface area contributed by atoms with Gasteiger partial charge in [-0.05, 0) is 37.0 Å². The molecule has 1 aliphatic rings. The Hall–Kier alpha value is -2.83. The van der Waals surface area contributed by atoms with Crippen LogP contribution in [0, 0.1) is 11.7 Å². The average Bonchev–Trinajstić information content (AvgIpc) is 2.69. The molecular formula is C22H26FN5O. The predicted molar refractivity (Wildman–Crippen MR) is 112 cm³/mol. The van der Waals surface area contributed by atoms with Gasteiger partial charge >= 0.3 is 0 Å². The molecule has 0 radical (unpaired) electrons. The number of hydrogen-bond donors (Lipinski definition) is 0. The van der Waals surface area contributed by atoms with Gasteiger partial charge in [0.05, 0.1) is 11.2 Å². The summed E-state index contributed by atoms with van der Waals surface area (Å²) in [6.45, 7) is 8.59. The fourth-order valence-corrected chi connectivity index (χ4v) is 3.82. The van der Waals surface area contributed by atoms with E-state index in [0.29, 0.717) is 18.0 Å². The maximum atomic E-state index is 13.5. The average molecular weight is 395 g/mol. The maximum absolute atomic E-state index is 13.5. The third-order valence-electron chi connectivity index (χ3n) is 5.56. The van der Waals surface area contributed by atoms with E-state index in [1.807, 2.05) is 6.07 Å². The normalized spacial score (nSPS) is 15.8. The van der Waals surface area contributed by atoms with Crippen molar-refractivity contribution >= 4 is 16.7 Å². The first kappa shape index (κ1) is 19.5. The molecule has 0 aliphatic carbocycles. The van der Waals surface area contributed by atoms with Crippen LogP contribution in [0.4, 0.5) is 10.2 Å². The van der Waals surface area contributed by atoms with Gasteiger partial charge in [0.2, 0.25) is 0 Å². The van der Waals surface area contributed by atoms with Gasteiger partial charge in [0.25, 0.3) is 5.56 Å². The third-order valence-corrected chi connectivity index (χ3v) is 5.56. The largest absolute Gasteiger partial charge is 0.356 e. The highest BCUT2D eigenvalue weighted by Crippen LogP contribution is 2.28. The van der Waals surface area contributed by atoms with E-state index < -0.39 is 0 Å².